The van der Waals surface area contributed by atoms with Gasteiger partial charge in [0.25, 0.3) is 0 Å². The fraction of sp³-hybridized carbons (Fsp3) is 0.500. The summed E-state index contributed by atoms with van der Waals surface area (Å²) in [6.07, 6.45) is 8.27. The van der Waals surface area contributed by atoms with E-state index in [0.717, 1.165) is 12.5 Å². The van der Waals surface area contributed by atoms with E-state index in [1.807, 2.05) is 0 Å². The molecule has 1 atom stereocenters. The van der Waals surface area contributed by atoms with Crippen LogP contribution in [-0.2, 0) is 6.42 Å². The molecule has 0 bridgehead atoms. The van der Waals surface area contributed by atoms with Crippen LogP contribution in [0.4, 0.5) is 0 Å². The van der Waals surface area contributed by atoms with Gasteiger partial charge in [-0.3, -0.25) is 9.80 Å². The molecule has 1 heterocycles. The minimum Gasteiger partial charge on any atom is -0.298 e. The maximum absolute atomic E-state index is 2.78. The van der Waals surface area contributed by atoms with Crippen LogP contribution in [0.2, 0.25) is 0 Å². The van der Waals surface area contributed by atoms with Gasteiger partial charge in [0.05, 0.1) is 0 Å². The summed E-state index contributed by atoms with van der Waals surface area (Å²) >= 11 is 0. The lowest BCUT2D eigenvalue weighted by molar-refractivity contribution is 0.0559. The first-order chi connectivity index (χ1) is 12.9. The van der Waals surface area contributed by atoms with Crippen LogP contribution in [0.3, 0.4) is 0 Å². The van der Waals surface area contributed by atoms with E-state index in [9.17, 15) is 0 Å². The highest BCUT2D eigenvalue weighted by Gasteiger charge is 2.29. The van der Waals surface area contributed by atoms with Crippen molar-refractivity contribution < 1.29 is 0 Å². The van der Waals surface area contributed by atoms with Gasteiger partial charge in [0.1, 0.15) is 0 Å². The van der Waals surface area contributed by atoms with Crippen molar-refractivity contribution >= 4 is 12.4 Å². The van der Waals surface area contributed by atoms with E-state index in [1.54, 1.807) is 0 Å². The Bertz CT molecular complexity index is 647. The average Bonchev–Trinajstić information content (AvgIpc) is 2.74. The molecular formula is C24H33ClN2. The van der Waals surface area contributed by atoms with Crippen molar-refractivity contribution in [3.63, 3.8) is 0 Å². The molecule has 0 amide bonds. The van der Waals surface area contributed by atoms with E-state index in [0.29, 0.717) is 6.04 Å². The normalized spacial score (nSPS) is 20.7. The van der Waals surface area contributed by atoms with Gasteiger partial charge in [0, 0.05) is 38.3 Å². The zero-order valence-electron chi connectivity index (χ0n) is 16.3. The van der Waals surface area contributed by atoms with Gasteiger partial charge in [0.2, 0.25) is 0 Å². The topological polar surface area (TPSA) is 6.48 Å². The molecule has 4 rings (SSSR count). The van der Waals surface area contributed by atoms with E-state index in [2.05, 4.69) is 70.5 Å². The molecule has 27 heavy (non-hydrogen) atoms. The first kappa shape index (κ1) is 20.4. The Balaban J connectivity index is 0.00000210. The number of hydrogen-bond donors (Lipinski definition) is 0. The van der Waals surface area contributed by atoms with Gasteiger partial charge in [-0.15, -0.1) is 12.4 Å². The van der Waals surface area contributed by atoms with Crippen molar-refractivity contribution in [2.45, 2.75) is 50.6 Å². The van der Waals surface area contributed by atoms with Gasteiger partial charge in [-0.05, 0) is 30.4 Å². The first-order valence-corrected chi connectivity index (χ1v) is 10.5. The molecule has 2 aromatic carbocycles. The van der Waals surface area contributed by atoms with Gasteiger partial charge in [-0.1, -0.05) is 79.9 Å². The van der Waals surface area contributed by atoms with E-state index < -0.39 is 0 Å². The number of nitrogens with zero attached hydrogens (tertiary/aromatic N) is 2. The summed E-state index contributed by atoms with van der Waals surface area (Å²) < 4.78 is 0. The number of piperazine rings is 1. The molecule has 0 unspecified atom stereocenters. The minimum atomic E-state index is 0. The fourth-order valence-corrected chi connectivity index (χ4v) is 4.83. The lowest BCUT2D eigenvalue weighted by atomic mass is 9.93. The van der Waals surface area contributed by atoms with Gasteiger partial charge < -0.3 is 0 Å². The molecule has 0 aromatic heterocycles. The third-order valence-electron chi connectivity index (χ3n) is 6.34. The molecule has 2 aliphatic rings. The Labute approximate surface area is 171 Å². The summed E-state index contributed by atoms with van der Waals surface area (Å²) in [5, 5.41) is 0. The maximum Gasteiger partial charge on any atom is 0.0389 e. The maximum atomic E-state index is 2.78. The van der Waals surface area contributed by atoms with E-state index in [1.165, 1.54) is 69.4 Å². The summed E-state index contributed by atoms with van der Waals surface area (Å²) in [6, 6.07) is 23.5. The molecule has 1 saturated heterocycles. The summed E-state index contributed by atoms with van der Waals surface area (Å²) in [4.78, 5) is 5.50. The number of hydrogen-bond acceptors (Lipinski definition) is 2. The Hall–Kier alpha value is -1.35. The van der Waals surface area contributed by atoms with Crippen molar-refractivity contribution in [2.24, 2.45) is 0 Å². The van der Waals surface area contributed by atoms with Crippen LogP contribution in [-0.4, -0.2) is 42.0 Å². The average molecular weight is 385 g/mol. The quantitative estimate of drug-likeness (QED) is 0.686. The van der Waals surface area contributed by atoms with Gasteiger partial charge in [-0.25, -0.2) is 0 Å². The predicted molar refractivity (Wildman–Crippen MR) is 117 cm³/mol. The number of halogens is 1. The lowest BCUT2D eigenvalue weighted by Crippen LogP contribution is -2.51. The molecule has 2 aromatic rings. The summed E-state index contributed by atoms with van der Waals surface area (Å²) in [7, 11) is 0. The predicted octanol–water partition coefficient (Wildman–Crippen LogP) is 5.34. The monoisotopic (exact) mass is 384 g/mol. The van der Waals surface area contributed by atoms with Crippen LogP contribution in [0.15, 0.2) is 60.7 Å². The molecule has 146 valence electrons. The molecule has 3 heteroatoms. The smallest absolute Gasteiger partial charge is 0.0389 e. The molecule has 1 aliphatic carbocycles. The zero-order chi connectivity index (χ0) is 17.6. The lowest BCUT2D eigenvalue weighted by Gasteiger charge is -2.43. The summed E-state index contributed by atoms with van der Waals surface area (Å²) in [5.41, 5.74) is 2.90. The molecule has 1 saturated carbocycles. The largest absolute Gasteiger partial charge is 0.298 e. The highest BCUT2D eigenvalue weighted by atomic mass is 35.5. The van der Waals surface area contributed by atoms with Crippen molar-refractivity contribution in [2.75, 3.05) is 26.2 Å². The molecule has 0 radical (unpaired) electrons. The summed E-state index contributed by atoms with van der Waals surface area (Å²) in [6.45, 7) is 4.87. The Morgan fingerprint density at radius 2 is 1.33 bits per heavy atom. The van der Waals surface area contributed by atoms with Crippen LogP contribution in [0.5, 0.6) is 0 Å². The standard InChI is InChI=1S/C24H32N2.ClH/c1-4-10-21(11-5-1)20-24(22-12-6-2-7-13-22)26-18-16-25(17-19-26)23-14-8-3-9-15-23;/h1-2,4-7,10-13,23-24H,3,8-9,14-20H2;1H/t24-;/m1./s1. The highest BCUT2D eigenvalue weighted by molar-refractivity contribution is 5.85. The van der Waals surface area contributed by atoms with Gasteiger partial charge in [-0.2, -0.15) is 0 Å². The highest BCUT2D eigenvalue weighted by Crippen LogP contribution is 2.29. The molecule has 0 spiro atoms. The number of rotatable bonds is 5. The second-order valence-corrected chi connectivity index (χ2v) is 7.98. The van der Waals surface area contributed by atoms with Crippen LogP contribution in [0.25, 0.3) is 0 Å². The van der Waals surface area contributed by atoms with Gasteiger partial charge in [0.15, 0.2) is 0 Å². The zero-order valence-corrected chi connectivity index (χ0v) is 17.1. The third kappa shape index (κ3) is 5.34. The van der Waals surface area contributed by atoms with E-state index in [-0.39, 0.29) is 12.4 Å². The van der Waals surface area contributed by atoms with Gasteiger partial charge >= 0.3 is 0 Å². The second-order valence-electron chi connectivity index (χ2n) is 7.98. The van der Waals surface area contributed by atoms with Crippen molar-refractivity contribution in [3.05, 3.63) is 71.8 Å². The molecule has 2 nitrogen and oxygen atoms in total. The SMILES string of the molecule is Cl.c1ccc(C[C@H](c2ccccc2)N2CCN(C3CCCCC3)CC2)cc1. The molecule has 1 aliphatic heterocycles. The Kier molecular flexibility index (Phi) is 7.75. The Morgan fingerprint density at radius 1 is 0.741 bits per heavy atom. The third-order valence-corrected chi connectivity index (χ3v) is 6.34. The molecule has 2 fully saturated rings. The summed E-state index contributed by atoms with van der Waals surface area (Å²) in [5.74, 6) is 0. The van der Waals surface area contributed by atoms with Crippen LogP contribution < -0.4 is 0 Å². The van der Waals surface area contributed by atoms with Crippen LogP contribution in [0.1, 0.15) is 49.3 Å². The number of benzene rings is 2. The fourth-order valence-electron chi connectivity index (χ4n) is 4.83. The molecular weight excluding hydrogens is 352 g/mol. The first-order valence-electron chi connectivity index (χ1n) is 10.5. The van der Waals surface area contributed by atoms with E-state index >= 15 is 0 Å². The van der Waals surface area contributed by atoms with E-state index in [4.69, 9.17) is 0 Å². The van der Waals surface area contributed by atoms with Crippen molar-refractivity contribution in [1.82, 2.24) is 9.80 Å². The Morgan fingerprint density at radius 3 is 1.96 bits per heavy atom. The van der Waals surface area contributed by atoms with Crippen LogP contribution in [0, 0.1) is 0 Å². The van der Waals surface area contributed by atoms with Crippen molar-refractivity contribution in [3.8, 4) is 0 Å². The molecule has 0 N–H and O–H groups in total. The van der Waals surface area contributed by atoms with Crippen LogP contribution >= 0.6 is 12.4 Å². The second kappa shape index (κ2) is 10.3. The minimum absolute atomic E-state index is 0. The van der Waals surface area contributed by atoms with Crippen molar-refractivity contribution in [1.29, 1.82) is 0 Å².